The van der Waals surface area contributed by atoms with Crippen molar-refractivity contribution in [1.29, 1.82) is 0 Å². The van der Waals surface area contributed by atoms with Crippen LogP contribution >= 0.6 is 0 Å². The molecular weight excluding hydrogens is 416 g/mol. The van der Waals surface area contributed by atoms with Crippen LogP contribution in [-0.2, 0) is 14.6 Å². The van der Waals surface area contributed by atoms with Gasteiger partial charge in [0.25, 0.3) is 0 Å². The predicted octanol–water partition coefficient (Wildman–Crippen LogP) is 2.81. The summed E-state index contributed by atoms with van der Waals surface area (Å²) in [6, 6.07) is 12.8. The molecule has 9 nitrogen and oxygen atoms in total. The van der Waals surface area contributed by atoms with Gasteiger partial charge in [-0.25, -0.2) is 23.4 Å². The molecule has 1 atom stereocenters. The molecule has 0 unspecified atom stereocenters. The van der Waals surface area contributed by atoms with Gasteiger partial charge in [-0.05, 0) is 30.7 Å². The Labute approximate surface area is 181 Å². The molecule has 0 aliphatic carbocycles. The summed E-state index contributed by atoms with van der Waals surface area (Å²) in [5, 5.41) is 9.68. The van der Waals surface area contributed by atoms with E-state index in [2.05, 4.69) is 37.8 Å². The van der Waals surface area contributed by atoms with Crippen molar-refractivity contribution in [2.75, 3.05) is 30.1 Å². The van der Waals surface area contributed by atoms with Crippen molar-refractivity contribution in [3.63, 3.8) is 0 Å². The highest BCUT2D eigenvalue weighted by Gasteiger charge is 2.20. The van der Waals surface area contributed by atoms with Crippen LogP contribution in [0.2, 0.25) is 0 Å². The Kier molecular flexibility index (Phi) is 6.12. The van der Waals surface area contributed by atoms with E-state index in [9.17, 15) is 8.42 Å². The first-order chi connectivity index (χ1) is 14.9. The number of aromatic nitrogens is 3. The number of nitrogens with zero attached hydrogens (tertiary/aromatic N) is 3. The van der Waals surface area contributed by atoms with Gasteiger partial charge in [0.05, 0.1) is 29.8 Å². The first-order valence-corrected chi connectivity index (χ1v) is 11.7. The monoisotopic (exact) mass is 440 g/mol. The van der Waals surface area contributed by atoms with Crippen LogP contribution in [0.4, 0.5) is 23.1 Å². The molecule has 3 heterocycles. The molecule has 31 heavy (non-hydrogen) atoms. The van der Waals surface area contributed by atoms with Crippen LogP contribution in [0.3, 0.4) is 0 Å². The maximum atomic E-state index is 12.0. The number of sulfone groups is 1. The average Bonchev–Trinajstić information content (AvgIpc) is 2.71. The molecule has 0 saturated carbocycles. The topological polar surface area (TPSA) is 118 Å². The second-order valence-corrected chi connectivity index (χ2v) is 9.39. The highest BCUT2D eigenvalue weighted by molar-refractivity contribution is 7.90. The van der Waals surface area contributed by atoms with E-state index < -0.39 is 9.84 Å². The number of rotatable bonds is 8. The van der Waals surface area contributed by atoms with E-state index in [4.69, 9.17) is 4.74 Å². The van der Waals surface area contributed by atoms with Crippen molar-refractivity contribution >= 4 is 33.0 Å². The SMILES string of the molecule is C[C@@H](NC1COC1)c1ccc(Nc2cc(Nc3ccccc3S(C)(=O)=O)ncn2)nc1. The number of pyridine rings is 1. The quantitative estimate of drug-likeness (QED) is 0.486. The number of para-hydroxylation sites is 1. The maximum absolute atomic E-state index is 12.0. The number of benzene rings is 1. The Morgan fingerprint density at radius 3 is 2.39 bits per heavy atom. The highest BCUT2D eigenvalue weighted by Crippen LogP contribution is 2.25. The number of nitrogens with one attached hydrogen (secondary N) is 3. The molecule has 10 heteroatoms. The molecule has 162 valence electrons. The van der Waals surface area contributed by atoms with Crippen LogP contribution in [0.15, 0.2) is 59.9 Å². The van der Waals surface area contributed by atoms with Gasteiger partial charge in [0.1, 0.15) is 23.8 Å². The molecule has 1 saturated heterocycles. The van der Waals surface area contributed by atoms with E-state index in [1.54, 1.807) is 30.3 Å². The van der Waals surface area contributed by atoms with E-state index in [-0.39, 0.29) is 10.9 Å². The van der Waals surface area contributed by atoms with Crippen LogP contribution in [0.5, 0.6) is 0 Å². The van der Waals surface area contributed by atoms with Crippen LogP contribution in [0.1, 0.15) is 18.5 Å². The molecule has 3 N–H and O–H groups in total. The fourth-order valence-corrected chi connectivity index (χ4v) is 4.02. The number of ether oxygens (including phenoxy) is 1. The molecular formula is C21H24N6O3S. The molecule has 3 aromatic rings. The third-order valence-electron chi connectivity index (χ3n) is 4.88. The lowest BCUT2D eigenvalue weighted by atomic mass is 10.1. The van der Waals surface area contributed by atoms with Crippen LogP contribution < -0.4 is 16.0 Å². The zero-order valence-corrected chi connectivity index (χ0v) is 18.1. The van der Waals surface area contributed by atoms with Crippen LogP contribution in [-0.4, -0.2) is 48.9 Å². The normalized spacial score (nSPS) is 15.2. The van der Waals surface area contributed by atoms with Gasteiger partial charge < -0.3 is 20.7 Å². The summed E-state index contributed by atoms with van der Waals surface area (Å²) in [6.07, 6.45) is 4.39. The van der Waals surface area contributed by atoms with Crippen molar-refractivity contribution < 1.29 is 13.2 Å². The largest absolute Gasteiger partial charge is 0.378 e. The maximum Gasteiger partial charge on any atom is 0.177 e. The summed E-state index contributed by atoms with van der Waals surface area (Å²) in [7, 11) is -3.37. The van der Waals surface area contributed by atoms with E-state index in [0.717, 1.165) is 18.8 Å². The minimum atomic E-state index is -3.37. The Bertz CT molecular complexity index is 1150. The van der Waals surface area contributed by atoms with Gasteiger partial charge in [-0.2, -0.15) is 0 Å². The summed E-state index contributed by atoms with van der Waals surface area (Å²) in [5.41, 5.74) is 1.54. The Hall–Kier alpha value is -3.08. The van der Waals surface area contributed by atoms with Crippen molar-refractivity contribution in [1.82, 2.24) is 20.3 Å². The Morgan fingerprint density at radius 2 is 1.74 bits per heavy atom. The Morgan fingerprint density at radius 1 is 1.00 bits per heavy atom. The smallest absolute Gasteiger partial charge is 0.177 e. The molecule has 0 radical (unpaired) electrons. The highest BCUT2D eigenvalue weighted by atomic mass is 32.2. The Balaban J connectivity index is 1.44. The lowest BCUT2D eigenvalue weighted by Gasteiger charge is -2.30. The van der Waals surface area contributed by atoms with E-state index in [0.29, 0.717) is 29.2 Å². The molecule has 1 fully saturated rings. The first kappa shape index (κ1) is 21.2. The van der Waals surface area contributed by atoms with Crippen LogP contribution in [0.25, 0.3) is 0 Å². The van der Waals surface area contributed by atoms with Gasteiger partial charge in [0.15, 0.2) is 9.84 Å². The zero-order valence-electron chi connectivity index (χ0n) is 17.2. The predicted molar refractivity (Wildman–Crippen MR) is 119 cm³/mol. The van der Waals surface area contributed by atoms with Crippen molar-refractivity contribution in [2.24, 2.45) is 0 Å². The summed E-state index contributed by atoms with van der Waals surface area (Å²) in [6.45, 7) is 3.59. The molecule has 0 spiro atoms. The van der Waals surface area contributed by atoms with Gasteiger partial charge in [0, 0.05) is 24.6 Å². The minimum Gasteiger partial charge on any atom is -0.378 e. The third kappa shape index (κ3) is 5.35. The molecule has 1 aliphatic heterocycles. The molecule has 1 aliphatic rings. The van der Waals surface area contributed by atoms with Gasteiger partial charge in [0.2, 0.25) is 0 Å². The van der Waals surface area contributed by atoms with Crippen LogP contribution in [0, 0.1) is 0 Å². The first-order valence-electron chi connectivity index (χ1n) is 9.83. The molecule has 4 rings (SSSR count). The number of hydrogen-bond acceptors (Lipinski definition) is 9. The second kappa shape index (κ2) is 8.96. The zero-order chi connectivity index (χ0) is 21.8. The summed E-state index contributed by atoms with van der Waals surface area (Å²) < 4.78 is 29.2. The lowest BCUT2D eigenvalue weighted by molar-refractivity contribution is -0.00926. The standard InChI is InChI=1S/C21H24N6O3S/c1-14(25-16-11-30-12-16)15-7-8-19(22-10-15)27-21-9-20(23-13-24-21)26-17-5-3-4-6-18(17)31(2,28)29/h3-10,13-14,16,25H,11-12H2,1-2H3,(H2,22,23,24,26,27)/t14-/m1/s1. The van der Waals surface area contributed by atoms with Gasteiger partial charge in [-0.3, -0.25) is 0 Å². The molecule has 2 aromatic heterocycles. The van der Waals surface area contributed by atoms with Crippen molar-refractivity contribution in [2.45, 2.75) is 23.9 Å². The molecule has 0 amide bonds. The molecule has 1 aromatic carbocycles. The fraction of sp³-hybridized carbons (Fsp3) is 0.286. The average molecular weight is 441 g/mol. The van der Waals surface area contributed by atoms with Crippen molar-refractivity contribution in [3.8, 4) is 0 Å². The minimum absolute atomic E-state index is 0.181. The fourth-order valence-electron chi connectivity index (χ4n) is 3.17. The van der Waals surface area contributed by atoms with E-state index >= 15 is 0 Å². The summed E-state index contributed by atoms with van der Waals surface area (Å²) in [4.78, 5) is 13.1. The van der Waals surface area contributed by atoms with E-state index in [1.165, 1.54) is 12.6 Å². The van der Waals surface area contributed by atoms with Crippen molar-refractivity contribution in [3.05, 3.63) is 60.6 Å². The number of anilines is 4. The lowest BCUT2D eigenvalue weighted by Crippen LogP contribution is -2.46. The van der Waals surface area contributed by atoms with Gasteiger partial charge >= 0.3 is 0 Å². The number of hydrogen-bond donors (Lipinski definition) is 3. The summed E-state index contributed by atoms with van der Waals surface area (Å²) in [5.74, 6) is 1.64. The van der Waals surface area contributed by atoms with Gasteiger partial charge in [-0.15, -0.1) is 0 Å². The van der Waals surface area contributed by atoms with Gasteiger partial charge in [-0.1, -0.05) is 18.2 Å². The second-order valence-electron chi connectivity index (χ2n) is 7.41. The molecule has 0 bridgehead atoms. The van der Waals surface area contributed by atoms with E-state index in [1.807, 2.05) is 18.3 Å². The third-order valence-corrected chi connectivity index (χ3v) is 6.04. The summed E-state index contributed by atoms with van der Waals surface area (Å²) >= 11 is 0.